The monoisotopic (exact) mass is 870 g/mol. The summed E-state index contributed by atoms with van der Waals surface area (Å²) in [4.78, 5) is 73.0. The average Bonchev–Trinajstić information content (AvgIpc) is 3.19. The lowest BCUT2D eigenvalue weighted by atomic mass is 9.93. The van der Waals surface area contributed by atoms with Gasteiger partial charge in [-0.15, -0.1) is 0 Å². The van der Waals surface area contributed by atoms with E-state index in [9.17, 15) is 24.0 Å². The van der Waals surface area contributed by atoms with Gasteiger partial charge in [0, 0.05) is 42.8 Å². The maximum absolute atomic E-state index is 14.2. The number of carbonyl (C=O) groups is 5. The summed E-state index contributed by atoms with van der Waals surface area (Å²) in [6.07, 6.45) is 0.920. The van der Waals surface area contributed by atoms with Crippen molar-refractivity contribution in [1.82, 2.24) is 20.9 Å². The van der Waals surface area contributed by atoms with Gasteiger partial charge < -0.3 is 38.1 Å². The molecular weight excluding hydrogens is 823 g/mol. The van der Waals surface area contributed by atoms with E-state index in [0.29, 0.717) is 6.42 Å². The molecule has 4 atom stereocenters. The highest BCUT2D eigenvalue weighted by molar-refractivity contribution is 14.1. The van der Waals surface area contributed by atoms with E-state index in [-0.39, 0.29) is 50.6 Å². The van der Waals surface area contributed by atoms with E-state index in [2.05, 4.69) is 43.5 Å². The van der Waals surface area contributed by atoms with Crippen LogP contribution in [0, 0.1) is 3.57 Å². The first-order valence-electron chi connectivity index (χ1n) is 18.4. The van der Waals surface area contributed by atoms with Crippen molar-refractivity contribution >= 4 is 58.1 Å². The van der Waals surface area contributed by atoms with Gasteiger partial charge in [0.25, 0.3) is 0 Å². The summed E-state index contributed by atoms with van der Waals surface area (Å²) in [6, 6.07) is 28.3. The number of hydrogen-bond donors (Lipinski definition) is 6. The fraction of sp³-hybridized carbons (Fsp3) is 0.286. The van der Waals surface area contributed by atoms with E-state index in [4.69, 9.17) is 17.2 Å². The summed E-state index contributed by atoms with van der Waals surface area (Å²) >= 11 is 2.18. The Bertz CT molecular complexity index is 2040. The molecule has 1 aliphatic heterocycles. The van der Waals surface area contributed by atoms with Gasteiger partial charge in [0.15, 0.2) is 5.96 Å². The van der Waals surface area contributed by atoms with Crippen LogP contribution in [0.5, 0.6) is 0 Å². The third-order valence-corrected chi connectivity index (χ3v) is 10.4. The molecule has 4 aromatic carbocycles. The van der Waals surface area contributed by atoms with Crippen LogP contribution >= 0.6 is 22.6 Å². The Balaban J connectivity index is 1.35. The van der Waals surface area contributed by atoms with E-state index in [1.807, 2.05) is 103 Å². The molecule has 292 valence electrons. The minimum Gasteiger partial charge on any atom is -0.370 e. The molecule has 0 fully saturated rings. The Morgan fingerprint density at radius 2 is 1.27 bits per heavy atom. The van der Waals surface area contributed by atoms with Crippen molar-refractivity contribution in [3.63, 3.8) is 0 Å². The maximum atomic E-state index is 14.2. The minimum absolute atomic E-state index is 0.0813. The molecule has 1 heterocycles. The zero-order valence-electron chi connectivity index (χ0n) is 31.1. The highest BCUT2D eigenvalue weighted by Crippen LogP contribution is 2.24. The number of guanidine groups is 1. The third kappa shape index (κ3) is 11.6. The summed E-state index contributed by atoms with van der Waals surface area (Å²) in [5, 5.41) is 8.45. The van der Waals surface area contributed by atoms with Gasteiger partial charge in [-0.2, -0.15) is 0 Å². The number of nitrogens with zero attached hydrogens (tertiary/aromatic N) is 2. The van der Waals surface area contributed by atoms with Crippen molar-refractivity contribution in [2.24, 2.45) is 22.2 Å². The molecule has 1 aliphatic rings. The van der Waals surface area contributed by atoms with Crippen molar-refractivity contribution in [1.29, 1.82) is 0 Å². The lowest BCUT2D eigenvalue weighted by Crippen LogP contribution is -2.59. The summed E-state index contributed by atoms with van der Waals surface area (Å²) < 4.78 is 0.983. The molecule has 5 amide bonds. The normalized spacial score (nSPS) is 15.0. The van der Waals surface area contributed by atoms with E-state index in [1.165, 1.54) is 11.8 Å². The zero-order chi connectivity index (χ0) is 40.2. The number of nitrogens with two attached hydrogens (primary N) is 3. The van der Waals surface area contributed by atoms with Crippen LogP contribution in [-0.2, 0) is 49.8 Å². The smallest absolute Gasteiger partial charge is 0.243 e. The Morgan fingerprint density at radius 3 is 1.89 bits per heavy atom. The van der Waals surface area contributed by atoms with Crippen molar-refractivity contribution in [3.05, 3.63) is 129 Å². The number of halogens is 1. The van der Waals surface area contributed by atoms with Gasteiger partial charge in [-0.1, -0.05) is 91.0 Å². The van der Waals surface area contributed by atoms with Gasteiger partial charge >= 0.3 is 0 Å². The molecule has 0 aromatic heterocycles. The molecule has 9 N–H and O–H groups in total. The number of nitrogens with one attached hydrogen (secondary N) is 3. The van der Waals surface area contributed by atoms with Crippen LogP contribution in [0.25, 0.3) is 11.1 Å². The number of aliphatic imine (C=N–C) groups is 1. The van der Waals surface area contributed by atoms with Crippen LogP contribution < -0.4 is 33.2 Å². The second kappa shape index (κ2) is 19.7. The van der Waals surface area contributed by atoms with Crippen molar-refractivity contribution < 1.29 is 24.0 Å². The molecule has 13 nitrogen and oxygen atoms in total. The predicted molar refractivity (Wildman–Crippen MR) is 224 cm³/mol. The molecule has 0 unspecified atom stereocenters. The summed E-state index contributed by atoms with van der Waals surface area (Å²) in [6.45, 7) is 1.85. The molecule has 56 heavy (non-hydrogen) atoms. The molecule has 0 saturated carbocycles. The van der Waals surface area contributed by atoms with Gasteiger partial charge in [0.05, 0.1) is 0 Å². The van der Waals surface area contributed by atoms with Gasteiger partial charge in [-0.25, -0.2) is 0 Å². The predicted octanol–water partition coefficient (Wildman–Crippen LogP) is 2.71. The molecule has 0 aliphatic carbocycles. The quantitative estimate of drug-likeness (QED) is 0.0428. The van der Waals surface area contributed by atoms with Crippen LogP contribution in [0.2, 0.25) is 0 Å². The van der Waals surface area contributed by atoms with Crippen molar-refractivity contribution in [2.45, 2.75) is 69.7 Å². The van der Waals surface area contributed by atoms with E-state index >= 15 is 0 Å². The van der Waals surface area contributed by atoms with Gasteiger partial charge in [0.1, 0.15) is 24.2 Å². The number of fused-ring (bicyclic) bond motifs is 1. The van der Waals surface area contributed by atoms with E-state index in [1.54, 1.807) is 0 Å². The Labute approximate surface area is 340 Å². The standard InChI is InChI=1S/C42H47IN8O5/c1-26(52)51-25-32-11-6-5-10-31(32)24-37(51)41(56)48-34(12-7-21-47-42(45)46)39(54)50-36(23-28-15-19-33(43)20-16-28)40(55)49-35(38(44)53)22-27-13-17-30(18-14-27)29-8-3-2-4-9-29/h2-6,8-11,13-20,34-37H,7,12,21-25H2,1H3,(H2,44,53)(H,48,56)(H,49,55)(H,50,54)(H4,45,46,47)/t34-,35-,36+,37-/m0/s1. The summed E-state index contributed by atoms with van der Waals surface area (Å²) in [7, 11) is 0. The number of carbonyl (C=O) groups excluding carboxylic acids is 5. The maximum Gasteiger partial charge on any atom is 0.243 e. The number of amides is 5. The summed E-state index contributed by atoms with van der Waals surface area (Å²) in [5.41, 5.74) is 22.3. The number of primary amides is 1. The van der Waals surface area contributed by atoms with Gasteiger partial charge in [-0.3, -0.25) is 29.0 Å². The average molecular weight is 871 g/mol. The lowest BCUT2D eigenvalue weighted by molar-refractivity contribution is -0.141. The third-order valence-electron chi connectivity index (χ3n) is 9.68. The van der Waals surface area contributed by atoms with Crippen molar-refractivity contribution in [2.75, 3.05) is 6.54 Å². The van der Waals surface area contributed by atoms with E-state index < -0.39 is 47.8 Å². The number of benzene rings is 4. The topological polar surface area (TPSA) is 215 Å². The Kier molecular flexibility index (Phi) is 14.6. The van der Waals surface area contributed by atoms with Crippen LogP contribution in [0.4, 0.5) is 0 Å². The van der Waals surface area contributed by atoms with Crippen LogP contribution in [0.3, 0.4) is 0 Å². The lowest BCUT2D eigenvalue weighted by Gasteiger charge is -2.36. The number of hydrogen-bond acceptors (Lipinski definition) is 6. The van der Waals surface area contributed by atoms with Gasteiger partial charge in [0.2, 0.25) is 29.5 Å². The molecule has 0 spiro atoms. The molecule has 0 bridgehead atoms. The SMILES string of the molecule is CC(=O)N1Cc2ccccc2C[C@H]1C(=O)N[C@@H](CCCN=C(N)N)C(=O)N[C@H](Cc1ccc(I)cc1)C(=O)N[C@@H](Cc1ccc(-c2ccccc2)cc1)C(N)=O. The molecule has 0 radical (unpaired) electrons. The first-order valence-corrected chi connectivity index (χ1v) is 19.4. The van der Waals surface area contributed by atoms with Crippen molar-refractivity contribution in [3.8, 4) is 11.1 Å². The first-order chi connectivity index (χ1) is 26.9. The molecular formula is C42H47IN8O5. The second-order valence-electron chi connectivity index (χ2n) is 13.8. The van der Waals surface area contributed by atoms with Crippen LogP contribution in [-0.4, -0.2) is 71.1 Å². The highest BCUT2D eigenvalue weighted by Gasteiger charge is 2.36. The second-order valence-corrected chi connectivity index (χ2v) is 15.0. The van der Waals surface area contributed by atoms with Crippen LogP contribution in [0.1, 0.15) is 42.0 Å². The first kappa shape index (κ1) is 41.4. The molecule has 0 saturated heterocycles. The van der Waals surface area contributed by atoms with Crippen LogP contribution in [0.15, 0.2) is 108 Å². The largest absolute Gasteiger partial charge is 0.370 e. The van der Waals surface area contributed by atoms with E-state index in [0.717, 1.165) is 37.0 Å². The zero-order valence-corrected chi connectivity index (χ0v) is 33.3. The van der Waals surface area contributed by atoms with Gasteiger partial charge in [-0.05, 0) is 80.9 Å². The highest BCUT2D eigenvalue weighted by atomic mass is 127. The Morgan fingerprint density at radius 1 is 0.714 bits per heavy atom. The molecule has 5 rings (SSSR count). The Hall–Kier alpha value is -5.77. The fourth-order valence-electron chi connectivity index (χ4n) is 6.66. The minimum atomic E-state index is -1.16. The molecule has 4 aromatic rings. The number of rotatable bonds is 16. The molecule has 14 heteroatoms. The fourth-order valence-corrected chi connectivity index (χ4v) is 7.02. The summed E-state index contributed by atoms with van der Waals surface area (Å²) in [5.74, 6) is -2.90.